The fraction of sp³-hybridized carbons (Fsp3) is 1.00. The first-order valence-electron chi connectivity index (χ1n) is 1.84. The lowest BCUT2D eigenvalue weighted by atomic mass is 10.5. The van der Waals surface area contributed by atoms with Crippen LogP contribution in [0.3, 0.4) is 0 Å². The first kappa shape index (κ1) is 10.8. The van der Waals surface area contributed by atoms with Gasteiger partial charge in [0.2, 0.25) is 0 Å². The molecule has 0 saturated heterocycles. The number of rotatable bonds is 1. The predicted molar refractivity (Wildman–Crippen MR) is 48.0 cm³/mol. The van der Waals surface area contributed by atoms with E-state index in [9.17, 15) is 8.78 Å². The Balaban J connectivity index is 3.75. The molecule has 0 aromatic carbocycles. The first-order valence-corrected chi connectivity index (χ1v) is 5.01. The van der Waals surface area contributed by atoms with Gasteiger partial charge in [0.25, 0.3) is 0 Å². The minimum absolute atomic E-state index is 0.375. The lowest BCUT2D eigenvalue weighted by Gasteiger charge is -2.15. The normalized spacial score (nSPS) is 14.0. The van der Waals surface area contributed by atoms with Crippen LogP contribution in [0.4, 0.5) is 8.78 Å². The van der Waals surface area contributed by atoms with E-state index in [0.29, 0.717) is 0 Å². The molecule has 6 heteroatoms. The van der Waals surface area contributed by atoms with Crippen molar-refractivity contribution in [1.82, 2.24) is 0 Å². The standard InChI is InChI=1S/C3H2Br4F2/c4-2(5,6)1-3(7,8)9/h1H2. The number of hydrogen-bond donors (Lipinski definition) is 0. The molecule has 0 bridgehead atoms. The van der Waals surface area contributed by atoms with Crippen LogP contribution in [0.2, 0.25) is 0 Å². The maximum Gasteiger partial charge on any atom is 0.304 e. The Morgan fingerprint density at radius 3 is 1.33 bits per heavy atom. The summed E-state index contributed by atoms with van der Waals surface area (Å²) in [5.41, 5.74) is 0. The molecule has 0 radical (unpaired) electrons. The highest BCUT2D eigenvalue weighted by atomic mass is 80.0. The molecule has 0 heterocycles. The molecule has 0 aliphatic heterocycles. The van der Waals surface area contributed by atoms with Crippen LogP contribution in [0, 0.1) is 0 Å². The molecule has 0 unspecified atom stereocenters. The zero-order chi connectivity index (χ0) is 7.71. The highest BCUT2D eigenvalue weighted by Crippen LogP contribution is 2.44. The molecular formula is C3H2Br4F2. The van der Waals surface area contributed by atoms with E-state index in [-0.39, 0.29) is 6.42 Å². The summed E-state index contributed by atoms with van der Waals surface area (Å²) in [5, 5.41) is 0. The van der Waals surface area contributed by atoms with Crippen LogP contribution < -0.4 is 0 Å². The molecular weight excluding hydrogens is 394 g/mol. The Hall–Kier alpha value is 1.78. The Bertz CT molecular complexity index is 79.0. The van der Waals surface area contributed by atoms with E-state index in [2.05, 4.69) is 63.7 Å². The third-order valence-electron chi connectivity index (χ3n) is 0.401. The van der Waals surface area contributed by atoms with E-state index in [0.717, 1.165) is 0 Å². The van der Waals surface area contributed by atoms with Crippen LogP contribution in [0.25, 0.3) is 0 Å². The molecule has 9 heavy (non-hydrogen) atoms. The van der Waals surface area contributed by atoms with Gasteiger partial charge in [0.15, 0.2) is 0 Å². The van der Waals surface area contributed by atoms with Gasteiger partial charge in [-0.05, 0) is 15.9 Å². The van der Waals surface area contributed by atoms with E-state index in [1.165, 1.54) is 0 Å². The van der Waals surface area contributed by atoms with E-state index >= 15 is 0 Å². The second kappa shape index (κ2) is 3.45. The lowest BCUT2D eigenvalue weighted by molar-refractivity contribution is 0.109. The lowest BCUT2D eigenvalue weighted by Crippen LogP contribution is -2.14. The van der Waals surface area contributed by atoms with Crippen LogP contribution in [0.15, 0.2) is 0 Å². The minimum atomic E-state index is -2.84. The smallest absolute Gasteiger partial charge is 0.194 e. The largest absolute Gasteiger partial charge is 0.304 e. The van der Waals surface area contributed by atoms with Gasteiger partial charge in [-0.2, -0.15) is 8.78 Å². The molecule has 0 N–H and O–H groups in total. The predicted octanol–water partition coefficient (Wildman–Crippen LogP) is 4.20. The van der Waals surface area contributed by atoms with Crippen LogP contribution >= 0.6 is 63.7 Å². The van der Waals surface area contributed by atoms with Crippen molar-refractivity contribution in [2.75, 3.05) is 0 Å². The third kappa shape index (κ3) is 9.78. The quantitative estimate of drug-likeness (QED) is 0.584. The van der Waals surface area contributed by atoms with Gasteiger partial charge in [-0.15, -0.1) is 0 Å². The highest BCUT2D eigenvalue weighted by molar-refractivity contribution is 9.39. The maximum atomic E-state index is 12.0. The van der Waals surface area contributed by atoms with Gasteiger partial charge in [0.05, 0.1) is 6.42 Å². The summed E-state index contributed by atoms with van der Waals surface area (Å²) in [7, 11) is 0. The number of alkyl halides is 6. The molecule has 0 saturated carbocycles. The molecule has 0 atom stereocenters. The molecule has 0 amide bonds. The average molecular weight is 396 g/mol. The van der Waals surface area contributed by atoms with Gasteiger partial charge in [0.1, 0.15) is 2.14 Å². The van der Waals surface area contributed by atoms with Crippen molar-refractivity contribution >= 4 is 63.7 Å². The zero-order valence-corrected chi connectivity index (χ0v) is 10.3. The van der Waals surface area contributed by atoms with Crippen LogP contribution in [0.1, 0.15) is 6.42 Å². The van der Waals surface area contributed by atoms with Gasteiger partial charge in [0, 0.05) is 0 Å². The Morgan fingerprint density at radius 2 is 1.33 bits per heavy atom. The first-order chi connectivity index (χ1) is 3.71. The minimum Gasteiger partial charge on any atom is -0.194 e. The molecule has 0 aliphatic rings. The van der Waals surface area contributed by atoms with Gasteiger partial charge in [-0.3, -0.25) is 0 Å². The second-order valence-electron chi connectivity index (χ2n) is 1.41. The summed E-state index contributed by atoms with van der Waals surface area (Å²) in [6.07, 6.45) is -0.375. The zero-order valence-electron chi connectivity index (χ0n) is 3.97. The molecule has 56 valence electrons. The van der Waals surface area contributed by atoms with Crippen molar-refractivity contribution in [3.63, 3.8) is 0 Å². The molecule has 0 rings (SSSR count). The van der Waals surface area contributed by atoms with E-state index < -0.39 is 6.97 Å². The summed E-state index contributed by atoms with van der Waals surface area (Å²) in [5.74, 6) is 0. The summed E-state index contributed by atoms with van der Waals surface area (Å²) in [6.45, 7) is 0. The fourth-order valence-electron chi connectivity index (χ4n) is 0.227. The highest BCUT2D eigenvalue weighted by Gasteiger charge is 2.34. The van der Waals surface area contributed by atoms with Crippen LogP contribution in [0.5, 0.6) is 0 Å². The Labute approximate surface area is 85.3 Å². The fourth-order valence-corrected chi connectivity index (χ4v) is 2.83. The van der Waals surface area contributed by atoms with Gasteiger partial charge in [-0.1, -0.05) is 47.8 Å². The summed E-state index contributed by atoms with van der Waals surface area (Å²) in [6, 6.07) is 0. The Kier molecular flexibility index (Phi) is 4.13. The molecule has 0 nitrogen and oxygen atoms in total. The number of hydrogen-bond acceptors (Lipinski definition) is 0. The number of halogens is 6. The van der Waals surface area contributed by atoms with Gasteiger partial charge in [-0.25, -0.2) is 0 Å². The summed E-state index contributed by atoms with van der Waals surface area (Å²) < 4.78 is 23.2. The van der Waals surface area contributed by atoms with E-state index in [1.54, 1.807) is 0 Å². The van der Waals surface area contributed by atoms with Gasteiger partial charge < -0.3 is 0 Å². The molecule has 0 fully saturated rings. The third-order valence-corrected chi connectivity index (χ3v) is 1.52. The molecule has 0 spiro atoms. The van der Waals surface area contributed by atoms with Crippen molar-refractivity contribution in [1.29, 1.82) is 0 Å². The Morgan fingerprint density at radius 1 is 1.00 bits per heavy atom. The van der Waals surface area contributed by atoms with Crippen molar-refractivity contribution in [3.05, 3.63) is 0 Å². The van der Waals surface area contributed by atoms with Crippen molar-refractivity contribution in [2.24, 2.45) is 0 Å². The van der Waals surface area contributed by atoms with Crippen molar-refractivity contribution in [2.45, 2.75) is 13.4 Å². The molecule has 0 aromatic rings. The van der Waals surface area contributed by atoms with Gasteiger partial charge >= 0.3 is 4.83 Å². The van der Waals surface area contributed by atoms with Crippen molar-refractivity contribution < 1.29 is 8.78 Å². The van der Waals surface area contributed by atoms with Crippen LogP contribution in [-0.2, 0) is 0 Å². The molecule has 0 aliphatic carbocycles. The summed E-state index contributed by atoms with van der Waals surface area (Å²) in [4.78, 5) is -2.84. The topological polar surface area (TPSA) is 0 Å². The van der Waals surface area contributed by atoms with E-state index in [1.807, 2.05) is 0 Å². The molecule has 0 aromatic heterocycles. The maximum absolute atomic E-state index is 12.0. The monoisotopic (exact) mass is 392 g/mol. The average Bonchev–Trinajstić information content (AvgIpc) is 1.14. The summed E-state index contributed by atoms with van der Waals surface area (Å²) >= 11 is 11.0. The second-order valence-corrected chi connectivity index (χ2v) is 9.82. The van der Waals surface area contributed by atoms with E-state index in [4.69, 9.17) is 0 Å². The SMILES string of the molecule is FC(F)(Br)CC(Br)(Br)Br. The van der Waals surface area contributed by atoms with Crippen molar-refractivity contribution in [3.8, 4) is 0 Å². The van der Waals surface area contributed by atoms with Crippen LogP contribution in [-0.4, -0.2) is 6.97 Å².